The topological polar surface area (TPSA) is 21.7 Å². The molecule has 2 aromatic rings. The van der Waals surface area contributed by atoms with Crippen molar-refractivity contribution in [1.82, 2.24) is 4.90 Å². The van der Waals surface area contributed by atoms with Crippen molar-refractivity contribution >= 4 is 0 Å². The van der Waals surface area contributed by atoms with Crippen LogP contribution < -0.4 is 4.74 Å². The van der Waals surface area contributed by atoms with E-state index < -0.39 is 17.8 Å². The Morgan fingerprint density at radius 2 is 1.70 bits per heavy atom. The van der Waals surface area contributed by atoms with Gasteiger partial charge in [-0.05, 0) is 43.7 Å². The van der Waals surface area contributed by atoms with Gasteiger partial charge in [0.25, 0.3) is 0 Å². The Morgan fingerprint density at radius 3 is 2.30 bits per heavy atom. The molecule has 2 aromatic carbocycles. The molecule has 0 aromatic heterocycles. The monoisotopic (exact) mass is 379 g/mol. The molecule has 0 aliphatic carbocycles. The highest BCUT2D eigenvalue weighted by Gasteiger charge is 2.34. The van der Waals surface area contributed by atoms with E-state index in [9.17, 15) is 13.2 Å². The van der Waals surface area contributed by atoms with E-state index >= 15 is 0 Å². The second-order valence-electron chi connectivity index (χ2n) is 6.97. The van der Waals surface area contributed by atoms with Gasteiger partial charge in [0.1, 0.15) is 11.9 Å². The molecule has 1 heterocycles. The lowest BCUT2D eigenvalue weighted by molar-refractivity contribution is -0.137. The van der Waals surface area contributed by atoms with Crippen molar-refractivity contribution in [2.45, 2.75) is 38.3 Å². The third-order valence-electron chi connectivity index (χ3n) is 4.77. The minimum absolute atomic E-state index is 0.266. The first-order valence-electron chi connectivity index (χ1n) is 9.09. The number of benzene rings is 2. The minimum atomic E-state index is -4.36. The predicted molar refractivity (Wildman–Crippen MR) is 97.7 cm³/mol. The summed E-state index contributed by atoms with van der Waals surface area (Å²) in [6.07, 6.45) is -5.11. The maximum Gasteiger partial charge on any atom is 0.416 e. The van der Waals surface area contributed by atoms with E-state index in [0.717, 1.165) is 18.7 Å². The van der Waals surface area contributed by atoms with Gasteiger partial charge in [-0.3, -0.25) is 4.90 Å². The van der Waals surface area contributed by atoms with Crippen LogP contribution in [0.1, 0.15) is 31.1 Å². The van der Waals surface area contributed by atoms with Crippen molar-refractivity contribution in [1.29, 1.82) is 0 Å². The Balaban J connectivity index is 1.87. The van der Waals surface area contributed by atoms with Crippen LogP contribution in [0.4, 0.5) is 13.2 Å². The second kappa shape index (κ2) is 8.31. The van der Waals surface area contributed by atoms with Crippen LogP contribution in [-0.2, 0) is 10.9 Å². The molecule has 1 fully saturated rings. The number of hydrogen-bond acceptors (Lipinski definition) is 3. The van der Waals surface area contributed by atoms with Gasteiger partial charge in [-0.2, -0.15) is 13.2 Å². The van der Waals surface area contributed by atoms with E-state index in [1.807, 2.05) is 30.3 Å². The summed E-state index contributed by atoms with van der Waals surface area (Å²) in [6.45, 7) is 6.30. The lowest BCUT2D eigenvalue weighted by Gasteiger charge is -2.39. The highest BCUT2D eigenvalue weighted by molar-refractivity contribution is 5.29. The average Bonchev–Trinajstić information content (AvgIpc) is 2.66. The van der Waals surface area contributed by atoms with Crippen LogP contribution >= 0.6 is 0 Å². The van der Waals surface area contributed by atoms with Crippen LogP contribution in [0.15, 0.2) is 54.6 Å². The summed E-state index contributed by atoms with van der Waals surface area (Å²) >= 11 is 0. The van der Waals surface area contributed by atoms with E-state index in [1.54, 1.807) is 0 Å². The number of alkyl halides is 3. The van der Waals surface area contributed by atoms with Crippen molar-refractivity contribution in [3.8, 4) is 5.75 Å². The maximum atomic E-state index is 12.9. The van der Waals surface area contributed by atoms with Crippen LogP contribution in [0.2, 0.25) is 0 Å². The SMILES string of the molecule is CC(C)N1CCOC(C(Oc2ccccc2)c2ccc(C(F)(F)F)cc2)C1. The molecule has 3 rings (SSSR count). The molecule has 0 amide bonds. The van der Waals surface area contributed by atoms with E-state index in [2.05, 4.69) is 18.7 Å². The van der Waals surface area contributed by atoms with Gasteiger partial charge in [0, 0.05) is 19.1 Å². The number of morpholine rings is 1. The molecular formula is C21H24F3NO2. The molecule has 1 aliphatic heterocycles. The summed E-state index contributed by atoms with van der Waals surface area (Å²) in [5.74, 6) is 0.660. The van der Waals surface area contributed by atoms with E-state index in [4.69, 9.17) is 9.47 Å². The summed E-state index contributed by atoms with van der Waals surface area (Å²) < 4.78 is 50.8. The molecule has 27 heavy (non-hydrogen) atoms. The summed E-state index contributed by atoms with van der Waals surface area (Å²) in [6, 6.07) is 14.8. The summed E-state index contributed by atoms with van der Waals surface area (Å²) in [5, 5.41) is 0. The second-order valence-corrected chi connectivity index (χ2v) is 6.97. The fourth-order valence-electron chi connectivity index (χ4n) is 3.21. The number of hydrogen-bond donors (Lipinski definition) is 0. The first kappa shape index (κ1) is 19.7. The third kappa shape index (κ3) is 5.02. The molecule has 0 N–H and O–H groups in total. The Hall–Kier alpha value is -2.05. The van der Waals surface area contributed by atoms with E-state index in [-0.39, 0.29) is 6.10 Å². The highest BCUT2D eigenvalue weighted by atomic mass is 19.4. The van der Waals surface area contributed by atoms with Crippen molar-refractivity contribution in [3.63, 3.8) is 0 Å². The zero-order chi connectivity index (χ0) is 19.4. The normalized spacial score (nSPS) is 19.9. The molecule has 2 atom stereocenters. The molecule has 0 bridgehead atoms. The summed E-state index contributed by atoms with van der Waals surface area (Å²) in [7, 11) is 0. The van der Waals surface area contributed by atoms with Gasteiger partial charge in [0.05, 0.1) is 12.2 Å². The van der Waals surface area contributed by atoms with Crippen molar-refractivity contribution in [2.24, 2.45) is 0 Å². The number of halogens is 3. The quantitative estimate of drug-likeness (QED) is 0.735. The molecule has 0 spiro atoms. The zero-order valence-corrected chi connectivity index (χ0v) is 15.4. The first-order valence-corrected chi connectivity index (χ1v) is 9.09. The molecule has 1 saturated heterocycles. The van der Waals surface area contributed by atoms with Crippen LogP contribution in [0, 0.1) is 0 Å². The Kier molecular flexibility index (Phi) is 6.07. The van der Waals surface area contributed by atoms with Crippen molar-refractivity contribution < 1.29 is 22.6 Å². The van der Waals surface area contributed by atoms with E-state index in [0.29, 0.717) is 30.5 Å². The number of rotatable bonds is 5. The molecule has 2 unspecified atom stereocenters. The molecule has 3 nitrogen and oxygen atoms in total. The maximum absolute atomic E-state index is 12.9. The minimum Gasteiger partial charge on any atom is -0.483 e. The predicted octanol–water partition coefficient (Wildman–Crippen LogP) is 4.93. The molecule has 1 aliphatic rings. The first-order chi connectivity index (χ1) is 12.8. The summed E-state index contributed by atoms with van der Waals surface area (Å²) in [4.78, 5) is 2.29. The van der Waals surface area contributed by atoms with Crippen molar-refractivity contribution in [2.75, 3.05) is 19.7 Å². The third-order valence-corrected chi connectivity index (χ3v) is 4.77. The van der Waals surface area contributed by atoms with Crippen molar-refractivity contribution in [3.05, 3.63) is 65.7 Å². The van der Waals surface area contributed by atoms with Crippen LogP contribution in [0.3, 0.4) is 0 Å². The smallest absolute Gasteiger partial charge is 0.416 e. The van der Waals surface area contributed by atoms with E-state index in [1.165, 1.54) is 12.1 Å². The number of nitrogens with zero attached hydrogens (tertiary/aromatic N) is 1. The van der Waals surface area contributed by atoms with Crippen LogP contribution in [0.25, 0.3) is 0 Å². The number of ether oxygens (including phenoxy) is 2. The Bertz CT molecular complexity index is 716. The van der Waals surface area contributed by atoms with Gasteiger partial charge in [0.15, 0.2) is 6.10 Å². The molecule has 0 saturated carbocycles. The molecule has 6 heteroatoms. The lowest BCUT2D eigenvalue weighted by atomic mass is 10.0. The van der Waals surface area contributed by atoms with Gasteiger partial charge in [-0.15, -0.1) is 0 Å². The van der Waals surface area contributed by atoms with Gasteiger partial charge in [-0.25, -0.2) is 0 Å². The zero-order valence-electron chi connectivity index (χ0n) is 15.4. The highest BCUT2D eigenvalue weighted by Crippen LogP contribution is 2.33. The average molecular weight is 379 g/mol. The molecule has 146 valence electrons. The molecule has 0 radical (unpaired) electrons. The Morgan fingerprint density at radius 1 is 1.04 bits per heavy atom. The number of para-hydroxylation sites is 1. The largest absolute Gasteiger partial charge is 0.483 e. The summed E-state index contributed by atoms with van der Waals surface area (Å²) in [5.41, 5.74) is 0.000500. The fraction of sp³-hybridized carbons (Fsp3) is 0.429. The fourth-order valence-corrected chi connectivity index (χ4v) is 3.21. The van der Waals surface area contributed by atoms with Crippen LogP contribution in [-0.4, -0.2) is 36.7 Å². The van der Waals surface area contributed by atoms with Gasteiger partial charge in [-0.1, -0.05) is 30.3 Å². The van der Waals surface area contributed by atoms with Crippen LogP contribution in [0.5, 0.6) is 5.75 Å². The lowest BCUT2D eigenvalue weighted by Crippen LogP contribution is -2.48. The molecular weight excluding hydrogens is 355 g/mol. The van der Waals surface area contributed by atoms with Gasteiger partial charge in [0.2, 0.25) is 0 Å². The van der Waals surface area contributed by atoms with Gasteiger partial charge < -0.3 is 9.47 Å². The van der Waals surface area contributed by atoms with Gasteiger partial charge >= 0.3 is 6.18 Å². The standard InChI is InChI=1S/C21H24F3NO2/c1-15(2)25-12-13-26-19(14-25)20(27-18-6-4-3-5-7-18)16-8-10-17(11-9-16)21(22,23)24/h3-11,15,19-20H,12-14H2,1-2H3. The Labute approximate surface area is 157 Å².